The Labute approximate surface area is 251 Å². The molecule has 1 aromatic heterocycles. The zero-order valence-corrected chi connectivity index (χ0v) is 25.3. The highest BCUT2D eigenvalue weighted by atomic mass is 16.4. The van der Waals surface area contributed by atoms with Crippen LogP contribution in [0.4, 0.5) is 0 Å². The monoisotopic (exact) mass is 568 g/mol. The Bertz CT molecular complexity index is 1280. The minimum absolute atomic E-state index is 0.289. The maximum Gasteiger partial charge on any atom is 0.321 e. The van der Waals surface area contributed by atoms with Crippen LogP contribution >= 0.6 is 0 Å². The lowest BCUT2D eigenvalue weighted by molar-refractivity contribution is -0.145. The molecule has 2 aliphatic heterocycles. The number of hydrogen-bond acceptors (Lipinski definition) is 4. The Balaban J connectivity index is 1.11. The third kappa shape index (κ3) is 6.65. The zero-order valence-electron chi connectivity index (χ0n) is 25.3. The van der Waals surface area contributed by atoms with E-state index in [2.05, 4.69) is 88.1 Å². The van der Waals surface area contributed by atoms with Gasteiger partial charge in [0.05, 0.1) is 5.69 Å². The number of likely N-dealkylation sites (tertiary alicyclic amines) is 2. The van der Waals surface area contributed by atoms with Gasteiger partial charge in [-0.25, -0.2) is 0 Å². The number of carboxylic acids is 1. The molecule has 3 aromatic rings. The summed E-state index contributed by atoms with van der Waals surface area (Å²) in [6, 6.07) is 23.6. The van der Waals surface area contributed by atoms with Crippen LogP contribution in [0.15, 0.2) is 66.7 Å². The Hall–Kier alpha value is -2.96. The average Bonchev–Trinajstić information content (AvgIpc) is 3.63. The van der Waals surface area contributed by atoms with Gasteiger partial charge in [-0.3, -0.25) is 14.4 Å². The van der Waals surface area contributed by atoms with Gasteiger partial charge in [0.25, 0.3) is 0 Å². The van der Waals surface area contributed by atoms with Crippen LogP contribution in [0, 0.1) is 11.8 Å². The fourth-order valence-corrected chi connectivity index (χ4v) is 8.14. The Morgan fingerprint density at radius 3 is 2.29 bits per heavy atom. The van der Waals surface area contributed by atoms with Crippen molar-refractivity contribution in [2.24, 2.45) is 11.8 Å². The van der Waals surface area contributed by atoms with Crippen molar-refractivity contribution in [1.82, 2.24) is 19.6 Å². The van der Waals surface area contributed by atoms with Crippen LogP contribution < -0.4 is 0 Å². The van der Waals surface area contributed by atoms with Crippen molar-refractivity contribution in [3.05, 3.63) is 89.2 Å². The van der Waals surface area contributed by atoms with Crippen LogP contribution in [0.3, 0.4) is 0 Å². The molecule has 0 amide bonds. The molecule has 6 rings (SSSR count). The van der Waals surface area contributed by atoms with Crippen molar-refractivity contribution in [2.45, 2.75) is 82.7 Å². The topological polar surface area (TPSA) is 61.6 Å². The van der Waals surface area contributed by atoms with E-state index in [-0.39, 0.29) is 12.0 Å². The predicted molar refractivity (Wildman–Crippen MR) is 168 cm³/mol. The zero-order chi connectivity index (χ0) is 28.9. The highest BCUT2D eigenvalue weighted by Crippen LogP contribution is 2.39. The van der Waals surface area contributed by atoms with Gasteiger partial charge >= 0.3 is 5.97 Å². The molecule has 3 heterocycles. The second kappa shape index (κ2) is 13.6. The minimum atomic E-state index is -0.617. The molecular weight excluding hydrogens is 520 g/mol. The number of rotatable bonds is 10. The Morgan fingerprint density at radius 2 is 1.62 bits per heavy atom. The molecule has 3 atom stereocenters. The molecule has 224 valence electrons. The van der Waals surface area contributed by atoms with Gasteiger partial charge in [-0.1, -0.05) is 79.9 Å². The molecule has 1 aliphatic carbocycles. The van der Waals surface area contributed by atoms with Crippen molar-refractivity contribution in [3.63, 3.8) is 0 Å². The first kappa shape index (κ1) is 29.1. The molecule has 2 aromatic carbocycles. The molecule has 3 fully saturated rings. The van der Waals surface area contributed by atoms with Crippen LogP contribution in [0.1, 0.15) is 86.2 Å². The predicted octanol–water partition coefficient (Wildman–Crippen LogP) is 6.42. The standard InChI is InChI=1S/C36H48N4O2/c1-2-40-32(22-27-12-6-3-7-13-27)23-34(37-40)29-18-20-38(21-19-29)24-31-25-39(26-33(31)28-14-8-4-9-15-28)35(36(41)42)30-16-10-5-11-17-30/h3-4,6-9,12-15,23,29-31,33,35H,2,5,10-11,16-22,24-26H2,1H3,(H,41,42)/t31-,33+,35+/m0/s1. The lowest BCUT2D eigenvalue weighted by Gasteiger charge is -2.35. The largest absolute Gasteiger partial charge is 0.480 e. The summed E-state index contributed by atoms with van der Waals surface area (Å²) >= 11 is 0. The number of hydrogen-bond donors (Lipinski definition) is 1. The molecule has 2 saturated heterocycles. The summed E-state index contributed by atoms with van der Waals surface area (Å²) in [5.74, 6) is 1.02. The van der Waals surface area contributed by atoms with Crippen molar-refractivity contribution < 1.29 is 9.90 Å². The molecule has 6 nitrogen and oxygen atoms in total. The molecule has 42 heavy (non-hydrogen) atoms. The van der Waals surface area contributed by atoms with E-state index in [0.29, 0.717) is 17.8 Å². The van der Waals surface area contributed by atoms with Crippen LogP contribution in [0.2, 0.25) is 0 Å². The number of piperidine rings is 1. The van der Waals surface area contributed by atoms with E-state index in [1.807, 2.05) is 0 Å². The summed E-state index contributed by atoms with van der Waals surface area (Å²) in [5, 5.41) is 15.4. The first-order valence-corrected chi connectivity index (χ1v) is 16.4. The van der Waals surface area contributed by atoms with Gasteiger partial charge < -0.3 is 10.0 Å². The highest BCUT2D eigenvalue weighted by Gasteiger charge is 2.43. The number of aryl methyl sites for hydroxylation is 1. The van der Waals surface area contributed by atoms with E-state index in [1.165, 1.54) is 41.8 Å². The summed E-state index contributed by atoms with van der Waals surface area (Å²) in [5.41, 5.74) is 5.27. The smallest absolute Gasteiger partial charge is 0.321 e. The van der Waals surface area contributed by atoms with E-state index in [4.69, 9.17) is 5.10 Å². The van der Waals surface area contributed by atoms with Crippen molar-refractivity contribution >= 4 is 5.97 Å². The SMILES string of the molecule is CCn1nc(C2CCN(C[C@H]3CN([C@@H](C(=O)O)C4CCCCC4)C[C@@H]3c3ccccc3)CC2)cc1Cc1ccccc1. The van der Waals surface area contributed by atoms with Crippen LogP contribution in [-0.2, 0) is 17.8 Å². The first-order valence-electron chi connectivity index (χ1n) is 16.4. The molecule has 0 bridgehead atoms. The Morgan fingerprint density at radius 1 is 0.929 bits per heavy atom. The number of carbonyl (C=O) groups is 1. The minimum Gasteiger partial charge on any atom is -0.480 e. The van der Waals surface area contributed by atoms with E-state index in [9.17, 15) is 9.90 Å². The fraction of sp³-hybridized carbons (Fsp3) is 0.556. The Kier molecular flexibility index (Phi) is 9.40. The van der Waals surface area contributed by atoms with Gasteiger partial charge in [0.1, 0.15) is 6.04 Å². The third-order valence-electron chi connectivity index (χ3n) is 10.3. The van der Waals surface area contributed by atoms with E-state index < -0.39 is 5.97 Å². The van der Waals surface area contributed by atoms with Gasteiger partial charge in [-0.15, -0.1) is 0 Å². The number of nitrogens with zero attached hydrogens (tertiary/aromatic N) is 4. The summed E-state index contributed by atoms with van der Waals surface area (Å²) < 4.78 is 2.19. The second-order valence-corrected chi connectivity index (χ2v) is 13.0. The second-order valence-electron chi connectivity index (χ2n) is 13.0. The molecule has 0 unspecified atom stereocenters. The highest BCUT2D eigenvalue weighted by molar-refractivity contribution is 5.74. The number of benzene rings is 2. The lowest BCUT2D eigenvalue weighted by Crippen LogP contribution is -2.46. The lowest BCUT2D eigenvalue weighted by atomic mass is 9.83. The number of aromatic nitrogens is 2. The van der Waals surface area contributed by atoms with Gasteiger partial charge in [0, 0.05) is 50.1 Å². The molecule has 0 radical (unpaired) electrons. The van der Waals surface area contributed by atoms with Gasteiger partial charge in [-0.2, -0.15) is 5.10 Å². The quantitative estimate of drug-likeness (QED) is 0.306. The average molecular weight is 569 g/mol. The normalized spacial score (nSPS) is 23.7. The maximum absolute atomic E-state index is 12.6. The maximum atomic E-state index is 12.6. The summed E-state index contributed by atoms with van der Waals surface area (Å²) in [6.45, 7) is 8.04. The molecule has 1 N–H and O–H groups in total. The van der Waals surface area contributed by atoms with E-state index >= 15 is 0 Å². The van der Waals surface area contributed by atoms with Crippen LogP contribution in [-0.4, -0.2) is 69.4 Å². The third-order valence-corrected chi connectivity index (χ3v) is 10.3. The van der Waals surface area contributed by atoms with E-state index in [1.54, 1.807) is 0 Å². The van der Waals surface area contributed by atoms with Gasteiger partial charge in [0.2, 0.25) is 0 Å². The summed E-state index contributed by atoms with van der Waals surface area (Å²) in [4.78, 5) is 17.6. The summed E-state index contributed by atoms with van der Waals surface area (Å²) in [6.07, 6.45) is 8.92. The molecular formula is C36H48N4O2. The van der Waals surface area contributed by atoms with E-state index in [0.717, 1.165) is 71.4 Å². The fourth-order valence-electron chi connectivity index (χ4n) is 8.14. The van der Waals surface area contributed by atoms with Crippen molar-refractivity contribution in [2.75, 3.05) is 32.7 Å². The summed E-state index contributed by atoms with van der Waals surface area (Å²) in [7, 11) is 0. The first-order chi connectivity index (χ1) is 20.6. The molecule has 1 saturated carbocycles. The van der Waals surface area contributed by atoms with Crippen LogP contribution in [0.25, 0.3) is 0 Å². The van der Waals surface area contributed by atoms with Crippen LogP contribution in [0.5, 0.6) is 0 Å². The molecule has 6 heteroatoms. The van der Waals surface area contributed by atoms with Crippen molar-refractivity contribution in [3.8, 4) is 0 Å². The van der Waals surface area contributed by atoms with Gasteiger partial charge in [0.15, 0.2) is 0 Å². The molecule has 0 spiro atoms. The number of aliphatic carboxylic acids is 1. The number of carboxylic acid groups (broad SMARTS) is 1. The molecule has 3 aliphatic rings. The van der Waals surface area contributed by atoms with Crippen molar-refractivity contribution in [1.29, 1.82) is 0 Å². The van der Waals surface area contributed by atoms with Gasteiger partial charge in [-0.05, 0) is 74.7 Å².